The Kier molecular flexibility index (Phi) is 70.5. The summed E-state index contributed by atoms with van der Waals surface area (Å²) in [5, 5.41) is 32.5. The quantitative estimate of drug-likeness (QED) is 0.251. The van der Waals surface area contributed by atoms with Gasteiger partial charge in [0.15, 0.2) is 0 Å². The summed E-state index contributed by atoms with van der Waals surface area (Å²) in [7, 11) is 0. The third-order valence-electron chi connectivity index (χ3n) is 0. The minimum absolute atomic E-state index is 0. The van der Waals surface area contributed by atoms with Gasteiger partial charge >= 0.3 is 80.3 Å². The number of hydrogen-bond donors (Lipinski definition) is 0. The van der Waals surface area contributed by atoms with Gasteiger partial charge in [0.05, 0.1) is 5.09 Å². The fourth-order valence-corrected chi connectivity index (χ4v) is 0. The SMILES string of the molecule is CC(=O)[O-].CC(=O)[O-].O=[N+]([O-])[O-].[Ca+2].[Mg+2].[Rh+3]. The van der Waals surface area contributed by atoms with Gasteiger partial charge in [-0.2, -0.15) is 0 Å². The smallest absolute Gasteiger partial charge is 0.550 e. The molecule has 78 valence electrons. The van der Waals surface area contributed by atoms with Gasteiger partial charge in [0.1, 0.15) is 0 Å². The van der Waals surface area contributed by atoms with Gasteiger partial charge in [-0.15, -0.1) is 0 Å². The van der Waals surface area contributed by atoms with Crippen molar-refractivity contribution in [3.05, 3.63) is 15.3 Å². The summed E-state index contributed by atoms with van der Waals surface area (Å²) in [6, 6.07) is 0. The van der Waals surface area contributed by atoms with E-state index in [1.165, 1.54) is 0 Å². The van der Waals surface area contributed by atoms with E-state index >= 15 is 0 Å². The maximum Gasteiger partial charge on any atom is 3.00 e. The van der Waals surface area contributed by atoms with E-state index < -0.39 is 17.0 Å². The van der Waals surface area contributed by atoms with Crippen LogP contribution in [0.25, 0.3) is 0 Å². The molecular weight excluding hydrogens is 341 g/mol. The predicted octanol–water partition coefficient (Wildman–Crippen LogP) is -3.49. The van der Waals surface area contributed by atoms with Crippen LogP contribution in [0.15, 0.2) is 0 Å². The number of carboxylic acids is 2. The molecule has 0 aliphatic rings. The number of rotatable bonds is 0. The summed E-state index contributed by atoms with van der Waals surface area (Å²) in [5.74, 6) is -2.17. The van der Waals surface area contributed by atoms with Gasteiger partial charge < -0.3 is 35.1 Å². The molecule has 0 fully saturated rings. The van der Waals surface area contributed by atoms with Crippen molar-refractivity contribution >= 4 is 72.7 Å². The van der Waals surface area contributed by atoms with Crippen LogP contribution in [-0.4, -0.2) is 77.8 Å². The Hall–Kier alpha value is 0.789. The van der Waals surface area contributed by atoms with Crippen LogP contribution in [0.4, 0.5) is 0 Å². The molecule has 0 rings (SSSR count). The average Bonchev–Trinajstić information content (AvgIpc) is 1.54. The van der Waals surface area contributed by atoms with Crippen LogP contribution >= 0.6 is 0 Å². The van der Waals surface area contributed by atoms with Gasteiger partial charge in [0.25, 0.3) is 0 Å². The second kappa shape index (κ2) is 29.3. The molecule has 0 aromatic heterocycles. The van der Waals surface area contributed by atoms with Crippen molar-refractivity contribution in [1.29, 1.82) is 0 Å². The number of hydrogen-bond acceptors (Lipinski definition) is 7. The standard InChI is InChI=1S/2C2H4O2.Ca.Mg.NO3.Rh/c2*1-2(3)4;;;2-1(3)4;/h2*1H3,(H,3,4);;;;/q;;2*+2;-1;+3/p-2. The molecule has 0 unspecified atom stereocenters. The topological polar surface area (TPSA) is 146 Å². The van der Waals surface area contributed by atoms with Crippen molar-refractivity contribution in [2.24, 2.45) is 0 Å². The van der Waals surface area contributed by atoms with E-state index in [4.69, 9.17) is 35.1 Å². The maximum atomic E-state index is 8.89. The van der Waals surface area contributed by atoms with Gasteiger partial charge in [0.2, 0.25) is 0 Å². The molecule has 0 aromatic carbocycles. The Morgan fingerprint density at radius 1 is 1.00 bits per heavy atom. The van der Waals surface area contributed by atoms with Gasteiger partial charge in [-0.25, -0.2) is 0 Å². The Balaban J connectivity index is -0.0000000184. The van der Waals surface area contributed by atoms with Crippen LogP contribution in [0, 0.1) is 15.3 Å². The summed E-state index contributed by atoms with van der Waals surface area (Å²) in [4.78, 5) is 26.0. The molecule has 0 N–H and O–H groups in total. The van der Waals surface area contributed by atoms with E-state index in [1.807, 2.05) is 0 Å². The molecule has 0 amide bonds. The third-order valence-corrected chi connectivity index (χ3v) is 0. The van der Waals surface area contributed by atoms with Crippen molar-refractivity contribution in [2.45, 2.75) is 13.8 Å². The zero-order chi connectivity index (χ0) is 10.7. The fraction of sp³-hybridized carbons (Fsp3) is 0.500. The first kappa shape index (κ1) is 36.0. The normalized spacial score (nSPS) is 4.93. The summed E-state index contributed by atoms with van der Waals surface area (Å²) < 4.78 is 0. The van der Waals surface area contributed by atoms with Crippen LogP contribution in [0.2, 0.25) is 0 Å². The molecule has 0 aliphatic carbocycles. The van der Waals surface area contributed by atoms with Crippen LogP contribution in [0.3, 0.4) is 0 Å². The second-order valence-electron chi connectivity index (χ2n) is 1.21. The number of carbonyl (C=O) groups excluding carboxylic acids is 2. The summed E-state index contributed by atoms with van der Waals surface area (Å²) in [6.07, 6.45) is 0. The molecule has 0 heterocycles. The summed E-state index contributed by atoms with van der Waals surface area (Å²) in [6.45, 7) is 1.94. The molecule has 0 saturated heterocycles. The van der Waals surface area contributed by atoms with Gasteiger partial charge in [-0.3, -0.25) is 0 Å². The number of nitrogens with zero attached hydrogens (tertiary/aromatic N) is 1. The minimum atomic E-state index is -1.75. The molecule has 0 atom stereocenters. The first-order valence-electron chi connectivity index (χ1n) is 2.36. The fourth-order valence-electron chi connectivity index (χ4n) is 0. The zero-order valence-corrected chi connectivity index (χ0v) is 13.3. The predicted molar refractivity (Wildman–Crippen MR) is 43.2 cm³/mol. The Bertz CT molecular complexity index is 129. The maximum absolute atomic E-state index is 8.89. The second-order valence-corrected chi connectivity index (χ2v) is 1.21. The summed E-state index contributed by atoms with van der Waals surface area (Å²) in [5.41, 5.74) is 0. The molecule has 0 spiro atoms. The first-order valence-corrected chi connectivity index (χ1v) is 2.36. The molecule has 0 saturated carbocycles. The van der Waals surface area contributed by atoms with Crippen molar-refractivity contribution in [3.8, 4) is 0 Å². The van der Waals surface area contributed by atoms with Crippen molar-refractivity contribution in [3.63, 3.8) is 0 Å². The van der Waals surface area contributed by atoms with E-state index in [1.54, 1.807) is 0 Å². The van der Waals surface area contributed by atoms with Crippen molar-refractivity contribution < 1.29 is 44.4 Å². The Labute approximate surface area is 144 Å². The van der Waals surface area contributed by atoms with Crippen molar-refractivity contribution in [1.82, 2.24) is 0 Å². The Morgan fingerprint density at radius 3 is 1.00 bits per heavy atom. The largest absolute Gasteiger partial charge is 3.00 e. The van der Waals surface area contributed by atoms with Gasteiger partial charge in [-0.1, -0.05) is 0 Å². The van der Waals surface area contributed by atoms with E-state index in [0.717, 1.165) is 13.8 Å². The van der Waals surface area contributed by atoms with Crippen molar-refractivity contribution in [2.75, 3.05) is 0 Å². The van der Waals surface area contributed by atoms with E-state index in [2.05, 4.69) is 0 Å². The number of aliphatic carboxylic acids is 2. The molecule has 8 nitrogen and oxygen atoms in total. The van der Waals surface area contributed by atoms with E-state index in [-0.39, 0.29) is 80.3 Å². The molecule has 15 heavy (non-hydrogen) atoms. The molecule has 0 aromatic rings. The van der Waals surface area contributed by atoms with E-state index in [0.29, 0.717) is 0 Å². The number of carboxylic acid groups (broad SMARTS) is 2. The molecular formula is C4H6CaMgNO7Rh+4. The molecule has 0 bridgehead atoms. The van der Waals surface area contributed by atoms with Crippen LogP contribution in [-0.2, 0) is 29.1 Å². The van der Waals surface area contributed by atoms with Crippen LogP contribution in [0.1, 0.15) is 13.8 Å². The average molecular weight is 347 g/mol. The first-order chi connectivity index (χ1) is 5.20. The Morgan fingerprint density at radius 2 is 1.00 bits per heavy atom. The summed E-state index contributed by atoms with van der Waals surface area (Å²) >= 11 is 0. The zero-order valence-electron chi connectivity index (χ0n) is 8.05. The third kappa shape index (κ3) is 3880. The van der Waals surface area contributed by atoms with Gasteiger partial charge in [-0.05, 0) is 13.8 Å². The number of carbonyl (C=O) groups is 2. The van der Waals surface area contributed by atoms with Crippen LogP contribution < -0.4 is 10.2 Å². The monoisotopic (exact) mass is 347 g/mol. The molecule has 0 aliphatic heterocycles. The molecule has 0 radical (unpaired) electrons. The van der Waals surface area contributed by atoms with Gasteiger partial charge in [0, 0.05) is 11.9 Å². The molecule has 11 heteroatoms. The minimum Gasteiger partial charge on any atom is -0.550 e. The van der Waals surface area contributed by atoms with E-state index in [9.17, 15) is 0 Å². The van der Waals surface area contributed by atoms with Crippen LogP contribution in [0.5, 0.6) is 0 Å².